The van der Waals surface area contributed by atoms with E-state index in [0.717, 1.165) is 9.35 Å². The van der Waals surface area contributed by atoms with Gasteiger partial charge in [0.2, 0.25) is 0 Å². The fourth-order valence-electron chi connectivity index (χ4n) is 3.32. The molecule has 158 valence electrons. The molecule has 2 aromatic rings. The average molecular weight is 467 g/mol. The molecule has 2 aromatic heterocycles. The quantitative estimate of drug-likeness (QED) is 0.473. The van der Waals surface area contributed by atoms with E-state index in [2.05, 4.69) is 20.6 Å². The van der Waals surface area contributed by atoms with Crippen LogP contribution in [0.15, 0.2) is 21.7 Å². The minimum absolute atomic E-state index is 0.000589. The number of carboxylic acids is 1. The summed E-state index contributed by atoms with van der Waals surface area (Å²) in [7, 11) is 1.65. The van der Waals surface area contributed by atoms with Crippen LogP contribution in [-0.2, 0) is 16.6 Å². The molecule has 10 nitrogen and oxygen atoms in total. The van der Waals surface area contributed by atoms with Gasteiger partial charge in [-0.2, -0.15) is 5.10 Å². The number of nitrogens with one attached hydrogen (secondary N) is 1. The van der Waals surface area contributed by atoms with Crippen LogP contribution in [-0.4, -0.2) is 70.7 Å². The van der Waals surface area contributed by atoms with Crippen LogP contribution in [0.3, 0.4) is 0 Å². The zero-order chi connectivity index (χ0) is 21.6. The zero-order valence-corrected chi connectivity index (χ0v) is 18.7. The van der Waals surface area contributed by atoms with E-state index in [1.165, 1.54) is 44.4 Å². The third-order valence-electron chi connectivity index (χ3n) is 4.65. The highest BCUT2D eigenvalue weighted by molar-refractivity contribution is 8.01. The standard InChI is InChI=1S/C17H18N6O4S3/c1-7-4-10(22(3)21-7)13(24)18-11-14(25)23-12(16(26)27)9(5-28-15(11)23)6-29-17-20-19-8(2)30-17/h4,11,15H,5-6H2,1-3H3,(H,18,24)(H,26,27)/t11-,15-/m0/s1. The van der Waals surface area contributed by atoms with Crippen molar-refractivity contribution in [1.82, 2.24) is 30.2 Å². The number of carbonyl (C=O) groups is 3. The summed E-state index contributed by atoms with van der Waals surface area (Å²) < 4.78 is 2.20. The molecule has 0 saturated carbocycles. The first-order chi connectivity index (χ1) is 14.3. The van der Waals surface area contributed by atoms with E-state index in [-0.39, 0.29) is 5.70 Å². The number of β-lactam (4-membered cyclic amide) rings is 1. The normalized spacial score (nSPS) is 20.8. The molecule has 2 aliphatic heterocycles. The van der Waals surface area contributed by atoms with Crippen LogP contribution < -0.4 is 5.32 Å². The Morgan fingerprint density at radius 3 is 2.73 bits per heavy atom. The van der Waals surface area contributed by atoms with Gasteiger partial charge in [-0.25, -0.2) is 4.79 Å². The summed E-state index contributed by atoms with van der Waals surface area (Å²) in [5, 5.41) is 25.0. The van der Waals surface area contributed by atoms with Crippen molar-refractivity contribution in [2.24, 2.45) is 7.05 Å². The molecule has 0 unspecified atom stereocenters. The second kappa shape index (κ2) is 8.04. The summed E-state index contributed by atoms with van der Waals surface area (Å²) in [6.45, 7) is 3.63. The highest BCUT2D eigenvalue weighted by Crippen LogP contribution is 2.41. The Hall–Kier alpha value is -2.38. The number of aryl methyl sites for hydroxylation is 3. The molecule has 0 spiro atoms. The summed E-state index contributed by atoms with van der Waals surface area (Å²) in [4.78, 5) is 38.5. The van der Waals surface area contributed by atoms with E-state index >= 15 is 0 Å². The molecule has 2 atom stereocenters. The molecule has 4 rings (SSSR count). The zero-order valence-electron chi connectivity index (χ0n) is 16.3. The Morgan fingerprint density at radius 2 is 2.13 bits per heavy atom. The second-order valence-corrected chi connectivity index (χ2v) is 10.3. The van der Waals surface area contributed by atoms with E-state index < -0.39 is 29.2 Å². The molecule has 2 N–H and O–H groups in total. The molecular weight excluding hydrogens is 448 g/mol. The van der Waals surface area contributed by atoms with Crippen LogP contribution in [0.5, 0.6) is 0 Å². The number of carbonyl (C=O) groups excluding carboxylic acids is 2. The van der Waals surface area contributed by atoms with Crippen LogP contribution in [0.4, 0.5) is 0 Å². The number of rotatable bonds is 6. The van der Waals surface area contributed by atoms with Gasteiger partial charge < -0.3 is 10.4 Å². The number of aromatic nitrogens is 4. The first-order valence-corrected chi connectivity index (χ1v) is 11.8. The van der Waals surface area contributed by atoms with Crippen molar-refractivity contribution in [3.05, 3.63) is 33.7 Å². The maximum atomic E-state index is 12.7. The van der Waals surface area contributed by atoms with Crippen molar-refractivity contribution >= 4 is 52.6 Å². The van der Waals surface area contributed by atoms with Gasteiger partial charge in [-0.05, 0) is 25.5 Å². The number of hydrogen-bond acceptors (Lipinski definition) is 9. The summed E-state index contributed by atoms with van der Waals surface area (Å²) >= 11 is 4.28. The number of amides is 2. The highest BCUT2D eigenvalue weighted by Gasteiger charge is 2.54. The Balaban J connectivity index is 1.49. The van der Waals surface area contributed by atoms with Gasteiger partial charge >= 0.3 is 5.97 Å². The molecule has 30 heavy (non-hydrogen) atoms. The maximum absolute atomic E-state index is 12.7. The molecule has 2 aliphatic rings. The Labute approximate surface area is 184 Å². The largest absolute Gasteiger partial charge is 0.477 e. The molecule has 2 amide bonds. The molecule has 13 heteroatoms. The highest BCUT2D eigenvalue weighted by atomic mass is 32.2. The van der Waals surface area contributed by atoms with E-state index in [4.69, 9.17) is 0 Å². The van der Waals surface area contributed by atoms with Crippen molar-refractivity contribution in [3.63, 3.8) is 0 Å². The van der Waals surface area contributed by atoms with Gasteiger partial charge in [0.05, 0.1) is 5.69 Å². The minimum atomic E-state index is -1.15. The van der Waals surface area contributed by atoms with Crippen molar-refractivity contribution in [1.29, 1.82) is 0 Å². The lowest BCUT2D eigenvalue weighted by Crippen LogP contribution is -2.70. The van der Waals surface area contributed by atoms with E-state index in [1.54, 1.807) is 20.0 Å². The van der Waals surface area contributed by atoms with Crippen LogP contribution in [0.1, 0.15) is 21.2 Å². The van der Waals surface area contributed by atoms with E-state index in [9.17, 15) is 19.5 Å². The van der Waals surface area contributed by atoms with Gasteiger partial charge in [0.15, 0.2) is 4.34 Å². The number of hydrogen-bond donors (Lipinski definition) is 2. The molecule has 4 heterocycles. The summed E-state index contributed by atoms with van der Waals surface area (Å²) in [6.07, 6.45) is 0. The van der Waals surface area contributed by atoms with E-state index in [1.807, 2.05) is 6.92 Å². The maximum Gasteiger partial charge on any atom is 0.352 e. The van der Waals surface area contributed by atoms with Crippen molar-refractivity contribution in [2.75, 3.05) is 11.5 Å². The van der Waals surface area contributed by atoms with Gasteiger partial charge in [0.25, 0.3) is 11.8 Å². The molecule has 0 aliphatic carbocycles. The number of nitrogens with zero attached hydrogens (tertiary/aromatic N) is 5. The van der Waals surface area contributed by atoms with Gasteiger partial charge in [-0.1, -0.05) is 23.1 Å². The van der Waals surface area contributed by atoms with Gasteiger partial charge in [-0.15, -0.1) is 22.0 Å². The topological polar surface area (TPSA) is 130 Å². The van der Waals surface area contributed by atoms with Gasteiger partial charge in [-0.3, -0.25) is 19.2 Å². The van der Waals surface area contributed by atoms with E-state index in [0.29, 0.717) is 28.5 Å². The molecule has 1 fully saturated rings. The third-order valence-corrected chi connectivity index (χ3v) is 8.05. The molecule has 0 bridgehead atoms. The number of thioether (sulfide) groups is 2. The molecule has 0 radical (unpaired) electrons. The molecule has 0 aromatic carbocycles. The average Bonchev–Trinajstić information content (AvgIpc) is 3.27. The van der Waals surface area contributed by atoms with Crippen LogP contribution in [0.25, 0.3) is 0 Å². The van der Waals surface area contributed by atoms with Crippen molar-refractivity contribution < 1.29 is 19.5 Å². The van der Waals surface area contributed by atoms with Crippen LogP contribution >= 0.6 is 34.9 Å². The lowest BCUT2D eigenvalue weighted by molar-refractivity contribution is -0.148. The summed E-state index contributed by atoms with van der Waals surface area (Å²) in [5.41, 5.74) is 1.69. The molecule has 1 saturated heterocycles. The van der Waals surface area contributed by atoms with Gasteiger partial charge in [0, 0.05) is 18.6 Å². The fraction of sp³-hybridized carbons (Fsp3) is 0.412. The predicted octanol–water partition coefficient (Wildman–Crippen LogP) is 1.03. The Bertz CT molecular complexity index is 1080. The van der Waals surface area contributed by atoms with Crippen molar-refractivity contribution in [3.8, 4) is 0 Å². The smallest absolute Gasteiger partial charge is 0.352 e. The monoisotopic (exact) mass is 466 g/mol. The van der Waals surface area contributed by atoms with Crippen LogP contribution in [0, 0.1) is 13.8 Å². The minimum Gasteiger partial charge on any atom is -0.477 e. The first-order valence-electron chi connectivity index (χ1n) is 8.90. The van der Waals surface area contributed by atoms with Crippen LogP contribution in [0.2, 0.25) is 0 Å². The fourth-order valence-corrected chi connectivity index (χ4v) is 6.62. The second-order valence-electron chi connectivity index (χ2n) is 6.79. The number of fused-ring (bicyclic) bond motifs is 1. The third kappa shape index (κ3) is 3.72. The predicted molar refractivity (Wildman–Crippen MR) is 112 cm³/mol. The first kappa shape index (κ1) is 20.9. The Morgan fingerprint density at radius 1 is 1.37 bits per heavy atom. The SMILES string of the molecule is Cc1cc(C(=O)N[C@H]2C(=O)N3C(C(=O)O)=C(CSc4nnc(C)s4)CS[C@@H]23)n(C)n1. The summed E-state index contributed by atoms with van der Waals surface area (Å²) in [6, 6.07) is 0.865. The van der Waals surface area contributed by atoms with Crippen molar-refractivity contribution in [2.45, 2.75) is 29.6 Å². The lowest BCUT2D eigenvalue weighted by atomic mass is 10.0. The number of carboxylic acid groups (broad SMARTS) is 1. The molecular formula is C17H18N6O4S3. The summed E-state index contributed by atoms with van der Waals surface area (Å²) in [5.74, 6) is -1.12. The van der Waals surface area contributed by atoms with Gasteiger partial charge in [0.1, 0.15) is 27.8 Å². The Kier molecular flexibility index (Phi) is 5.59. The number of aliphatic carboxylic acids is 1. The lowest BCUT2D eigenvalue weighted by Gasteiger charge is -2.49.